The van der Waals surface area contributed by atoms with E-state index in [1.54, 1.807) is 0 Å². The number of hydrogen-bond acceptors (Lipinski definition) is 3. The van der Waals surface area contributed by atoms with Gasteiger partial charge in [-0.25, -0.2) is 0 Å². The van der Waals surface area contributed by atoms with Gasteiger partial charge >= 0.3 is 0 Å². The summed E-state index contributed by atoms with van der Waals surface area (Å²) in [6.07, 6.45) is 91.9. The van der Waals surface area contributed by atoms with Gasteiger partial charge in [0.2, 0.25) is 5.91 Å². The van der Waals surface area contributed by atoms with Crippen LogP contribution >= 0.6 is 0 Å². The molecule has 0 rings (SSSR count). The van der Waals surface area contributed by atoms with Crippen LogP contribution < -0.4 is 5.32 Å². The first-order valence-electron chi connectivity index (χ1n) is 36.7. The van der Waals surface area contributed by atoms with E-state index in [0.29, 0.717) is 12.8 Å². The lowest BCUT2D eigenvalue weighted by Crippen LogP contribution is -2.45. The molecule has 0 saturated carbocycles. The normalized spacial score (nSPS) is 12.5. The molecule has 0 aromatic carbocycles. The monoisotopic (exact) mass is 1090 g/mol. The number of aliphatic hydroxyl groups is 2. The molecule has 0 aromatic rings. The van der Waals surface area contributed by atoms with Gasteiger partial charge < -0.3 is 15.5 Å². The minimum atomic E-state index is -0.657. The summed E-state index contributed by atoms with van der Waals surface area (Å²) in [6, 6.07) is -0.533. The van der Waals surface area contributed by atoms with Crippen molar-refractivity contribution in [2.45, 2.75) is 456 Å². The van der Waals surface area contributed by atoms with E-state index in [1.165, 1.54) is 392 Å². The number of nitrogens with one attached hydrogen (secondary N) is 1. The summed E-state index contributed by atoms with van der Waals surface area (Å²) in [5, 5.41) is 23.5. The maximum Gasteiger partial charge on any atom is 0.220 e. The molecule has 0 saturated heterocycles. The molecular weight excluding hydrogens is 939 g/mol. The van der Waals surface area contributed by atoms with Crippen LogP contribution in [-0.2, 0) is 4.79 Å². The molecule has 0 spiro atoms. The highest BCUT2D eigenvalue weighted by Gasteiger charge is 2.20. The molecule has 3 N–H and O–H groups in total. The number of hydrogen-bond donors (Lipinski definition) is 3. The largest absolute Gasteiger partial charge is 0.394 e. The van der Waals surface area contributed by atoms with E-state index in [0.717, 1.165) is 25.7 Å². The predicted octanol–water partition coefficient (Wildman–Crippen LogP) is 25.0. The zero-order valence-corrected chi connectivity index (χ0v) is 53.5. The van der Waals surface area contributed by atoms with Gasteiger partial charge in [-0.15, -0.1) is 0 Å². The van der Waals surface area contributed by atoms with Gasteiger partial charge in [0.05, 0.1) is 18.8 Å². The highest BCUT2D eigenvalue weighted by Crippen LogP contribution is 2.20. The summed E-state index contributed by atoms with van der Waals surface area (Å²) in [5.74, 6) is -0.0187. The van der Waals surface area contributed by atoms with Gasteiger partial charge in [0.15, 0.2) is 0 Å². The molecule has 2 atom stereocenters. The molecule has 0 aliphatic carbocycles. The maximum atomic E-state index is 12.6. The standard InChI is InChI=1S/C73H147NO3/c1-3-5-7-9-11-13-15-17-19-21-23-25-27-29-31-33-35-37-38-40-42-44-46-48-50-52-54-56-58-60-62-64-66-68-72(76)71(70-75)74-73(77)69-67-65-63-61-59-57-55-53-51-49-47-45-43-41-39-36-34-32-30-28-26-24-22-20-18-16-14-12-10-8-6-4-2/h71-72,75-76H,3-70H2,1-2H3,(H,74,77). The van der Waals surface area contributed by atoms with E-state index in [9.17, 15) is 15.0 Å². The SMILES string of the molecule is CCCCCCCCCCCCCCCCCCCCCCCCCCCCCCCCCCCC(O)C(CO)NC(=O)CCCCCCCCCCCCCCCCCCCCCCCCCCCCCCCCCC. The summed E-state index contributed by atoms with van der Waals surface area (Å²) >= 11 is 0. The highest BCUT2D eigenvalue weighted by molar-refractivity contribution is 5.76. The quantitative estimate of drug-likeness (QED) is 0.0532. The number of carbonyl (C=O) groups excluding carboxylic acids is 1. The molecule has 0 radical (unpaired) electrons. The van der Waals surface area contributed by atoms with Crippen molar-refractivity contribution in [3.63, 3.8) is 0 Å². The number of rotatable bonds is 70. The Balaban J connectivity index is 3.34. The maximum absolute atomic E-state index is 12.6. The van der Waals surface area contributed by atoms with E-state index in [4.69, 9.17) is 0 Å². The van der Waals surface area contributed by atoms with Gasteiger partial charge in [-0.2, -0.15) is 0 Å². The molecule has 4 heteroatoms. The molecule has 0 bridgehead atoms. The van der Waals surface area contributed by atoms with Crippen molar-refractivity contribution in [1.29, 1.82) is 0 Å². The molecule has 0 fully saturated rings. The van der Waals surface area contributed by atoms with E-state index in [1.807, 2.05) is 0 Å². The van der Waals surface area contributed by atoms with Crippen LogP contribution in [-0.4, -0.2) is 34.9 Å². The zero-order valence-electron chi connectivity index (χ0n) is 53.5. The fourth-order valence-electron chi connectivity index (χ4n) is 12.3. The first-order chi connectivity index (χ1) is 38.2. The molecular formula is C73H147NO3. The Labute approximate surface area is 486 Å². The van der Waals surface area contributed by atoms with E-state index >= 15 is 0 Å². The van der Waals surface area contributed by atoms with Crippen LogP contribution in [0.1, 0.15) is 444 Å². The fraction of sp³-hybridized carbons (Fsp3) is 0.986. The summed E-state index contributed by atoms with van der Waals surface area (Å²) in [4.78, 5) is 12.6. The van der Waals surface area contributed by atoms with Crippen molar-refractivity contribution >= 4 is 5.91 Å². The lowest BCUT2D eigenvalue weighted by molar-refractivity contribution is -0.123. The van der Waals surface area contributed by atoms with Crippen LogP contribution in [0.25, 0.3) is 0 Å². The summed E-state index contributed by atoms with van der Waals surface area (Å²) in [7, 11) is 0. The fourth-order valence-corrected chi connectivity index (χ4v) is 12.3. The van der Waals surface area contributed by atoms with Crippen molar-refractivity contribution in [2.24, 2.45) is 0 Å². The van der Waals surface area contributed by atoms with Crippen molar-refractivity contribution in [3.8, 4) is 0 Å². The lowest BCUT2D eigenvalue weighted by Gasteiger charge is -2.22. The molecule has 0 aliphatic heterocycles. The molecule has 2 unspecified atom stereocenters. The van der Waals surface area contributed by atoms with Gasteiger partial charge in [0.1, 0.15) is 0 Å². The second-order valence-electron chi connectivity index (χ2n) is 25.7. The second-order valence-corrected chi connectivity index (χ2v) is 25.7. The Morgan fingerprint density at radius 2 is 0.416 bits per heavy atom. The van der Waals surface area contributed by atoms with Gasteiger partial charge in [0.25, 0.3) is 0 Å². The van der Waals surface area contributed by atoms with E-state index < -0.39 is 12.1 Å². The molecule has 462 valence electrons. The molecule has 0 aromatic heterocycles. The second kappa shape index (κ2) is 69.7. The summed E-state index contributed by atoms with van der Waals surface area (Å²) < 4.78 is 0. The van der Waals surface area contributed by atoms with Crippen LogP contribution in [0.15, 0.2) is 0 Å². The lowest BCUT2D eigenvalue weighted by atomic mass is 10.0. The van der Waals surface area contributed by atoms with Crippen LogP contribution in [0.4, 0.5) is 0 Å². The van der Waals surface area contributed by atoms with Gasteiger partial charge in [-0.3, -0.25) is 4.79 Å². The Kier molecular flexibility index (Phi) is 69.1. The molecule has 1 amide bonds. The third-order valence-electron chi connectivity index (χ3n) is 17.9. The van der Waals surface area contributed by atoms with Crippen molar-refractivity contribution in [1.82, 2.24) is 5.32 Å². The summed E-state index contributed by atoms with van der Waals surface area (Å²) in [6.45, 7) is 4.42. The van der Waals surface area contributed by atoms with Crippen molar-refractivity contribution < 1.29 is 15.0 Å². The summed E-state index contributed by atoms with van der Waals surface area (Å²) in [5.41, 5.74) is 0. The third kappa shape index (κ3) is 66.1. The highest BCUT2D eigenvalue weighted by atomic mass is 16.3. The average Bonchev–Trinajstić information content (AvgIpc) is 3.43. The molecule has 0 aliphatic rings. The van der Waals surface area contributed by atoms with Crippen LogP contribution in [0, 0.1) is 0 Å². The van der Waals surface area contributed by atoms with Crippen molar-refractivity contribution in [2.75, 3.05) is 6.61 Å². The van der Waals surface area contributed by atoms with E-state index in [2.05, 4.69) is 19.2 Å². The van der Waals surface area contributed by atoms with Gasteiger partial charge in [-0.05, 0) is 12.8 Å². The minimum absolute atomic E-state index is 0.0187. The predicted molar refractivity (Wildman–Crippen MR) is 346 cm³/mol. The van der Waals surface area contributed by atoms with E-state index in [-0.39, 0.29) is 12.5 Å². The zero-order chi connectivity index (χ0) is 55.5. The first-order valence-corrected chi connectivity index (χ1v) is 36.7. The molecule has 0 heterocycles. The van der Waals surface area contributed by atoms with Crippen molar-refractivity contribution in [3.05, 3.63) is 0 Å². The Morgan fingerprint density at radius 3 is 0.584 bits per heavy atom. The van der Waals surface area contributed by atoms with Crippen LogP contribution in [0.3, 0.4) is 0 Å². The first kappa shape index (κ1) is 76.4. The van der Waals surface area contributed by atoms with Gasteiger partial charge in [0, 0.05) is 6.42 Å². The van der Waals surface area contributed by atoms with Crippen LogP contribution in [0.5, 0.6) is 0 Å². The number of carbonyl (C=O) groups is 1. The number of aliphatic hydroxyl groups excluding tert-OH is 2. The van der Waals surface area contributed by atoms with Crippen LogP contribution in [0.2, 0.25) is 0 Å². The molecule has 77 heavy (non-hydrogen) atoms. The Hall–Kier alpha value is -0.610. The number of unbranched alkanes of at least 4 members (excludes halogenated alkanes) is 63. The number of amides is 1. The minimum Gasteiger partial charge on any atom is -0.394 e. The Bertz CT molecular complexity index is 1050. The molecule has 4 nitrogen and oxygen atoms in total. The topological polar surface area (TPSA) is 69.6 Å². The average molecular weight is 1090 g/mol. The Morgan fingerprint density at radius 1 is 0.260 bits per heavy atom. The van der Waals surface area contributed by atoms with Gasteiger partial charge in [-0.1, -0.05) is 425 Å². The third-order valence-corrected chi connectivity index (χ3v) is 17.9. The smallest absolute Gasteiger partial charge is 0.220 e.